The third kappa shape index (κ3) is 4.13. The minimum Gasteiger partial charge on any atom is -0.497 e. The monoisotopic (exact) mass is 260 g/mol. The van der Waals surface area contributed by atoms with Gasteiger partial charge in [0.25, 0.3) is 5.91 Å². The summed E-state index contributed by atoms with van der Waals surface area (Å²) >= 11 is 0. The molecule has 1 aliphatic carbocycles. The van der Waals surface area contributed by atoms with Crippen molar-refractivity contribution in [2.45, 2.75) is 12.8 Å². The van der Waals surface area contributed by atoms with Crippen LogP contribution >= 0.6 is 0 Å². The Morgan fingerprint density at radius 3 is 2.47 bits per heavy atom. The quantitative estimate of drug-likeness (QED) is 0.632. The molecule has 0 heterocycles. The van der Waals surface area contributed by atoms with Crippen molar-refractivity contribution in [1.29, 1.82) is 0 Å². The van der Waals surface area contributed by atoms with E-state index in [1.54, 1.807) is 13.2 Å². The molecule has 1 saturated carbocycles. The van der Waals surface area contributed by atoms with Crippen LogP contribution in [0.15, 0.2) is 30.3 Å². The predicted molar refractivity (Wildman–Crippen MR) is 71.0 cm³/mol. The van der Waals surface area contributed by atoms with Gasteiger partial charge < -0.3 is 4.74 Å². The molecule has 5 heteroatoms. The van der Waals surface area contributed by atoms with Crippen molar-refractivity contribution >= 4 is 17.9 Å². The Morgan fingerprint density at radius 1 is 1.21 bits per heavy atom. The first kappa shape index (κ1) is 13.1. The van der Waals surface area contributed by atoms with E-state index in [2.05, 4.69) is 10.9 Å². The van der Waals surface area contributed by atoms with Gasteiger partial charge in [-0.3, -0.25) is 20.4 Å². The average molecular weight is 260 g/mol. The number of ether oxygens (including phenoxy) is 1. The number of nitrogens with one attached hydrogen (secondary N) is 2. The number of benzene rings is 1. The molecule has 100 valence electrons. The predicted octanol–water partition coefficient (Wildman–Crippen LogP) is 1.27. The van der Waals surface area contributed by atoms with Gasteiger partial charge in [-0.1, -0.05) is 12.1 Å². The molecule has 2 rings (SSSR count). The van der Waals surface area contributed by atoms with Crippen molar-refractivity contribution in [3.8, 4) is 5.75 Å². The Bertz CT molecular complexity index is 490. The van der Waals surface area contributed by atoms with Gasteiger partial charge >= 0.3 is 0 Å². The van der Waals surface area contributed by atoms with E-state index in [1.807, 2.05) is 24.3 Å². The Hall–Kier alpha value is -2.30. The van der Waals surface area contributed by atoms with Crippen LogP contribution in [0.2, 0.25) is 0 Å². The lowest BCUT2D eigenvalue weighted by molar-refractivity contribution is -0.127. The fourth-order valence-corrected chi connectivity index (χ4v) is 1.50. The Labute approximate surface area is 111 Å². The normalized spacial score (nSPS) is 14.2. The fraction of sp³-hybridized carbons (Fsp3) is 0.286. The summed E-state index contributed by atoms with van der Waals surface area (Å²) < 4.78 is 5.04. The summed E-state index contributed by atoms with van der Waals surface area (Å²) in [5.74, 6) is 0.361. The first-order valence-corrected chi connectivity index (χ1v) is 6.11. The third-order valence-corrected chi connectivity index (χ3v) is 2.80. The number of carbonyl (C=O) groups excluding carboxylic acids is 2. The molecule has 0 radical (unpaired) electrons. The number of amides is 2. The summed E-state index contributed by atoms with van der Waals surface area (Å²) in [6, 6.07) is 7.30. The lowest BCUT2D eigenvalue weighted by Gasteiger charge is -2.03. The van der Waals surface area contributed by atoms with Crippen molar-refractivity contribution in [2.75, 3.05) is 7.11 Å². The highest BCUT2D eigenvalue weighted by atomic mass is 16.5. The molecule has 0 unspecified atom stereocenters. The van der Waals surface area contributed by atoms with E-state index < -0.39 is 0 Å². The van der Waals surface area contributed by atoms with E-state index in [0.717, 1.165) is 24.2 Å². The minimum absolute atomic E-state index is 0.0749. The van der Waals surface area contributed by atoms with Crippen LogP contribution in [-0.2, 0) is 9.59 Å². The lowest BCUT2D eigenvalue weighted by Crippen LogP contribution is -2.41. The molecule has 0 bridgehead atoms. The molecule has 0 atom stereocenters. The van der Waals surface area contributed by atoms with Gasteiger partial charge in [0.2, 0.25) is 5.91 Å². The molecule has 0 spiro atoms. The van der Waals surface area contributed by atoms with Crippen LogP contribution in [0.5, 0.6) is 5.75 Å². The first-order valence-electron chi connectivity index (χ1n) is 6.11. The summed E-state index contributed by atoms with van der Waals surface area (Å²) in [6.07, 6.45) is 4.85. The van der Waals surface area contributed by atoms with Gasteiger partial charge in [0.15, 0.2) is 0 Å². The summed E-state index contributed by atoms with van der Waals surface area (Å²) in [6.45, 7) is 0. The van der Waals surface area contributed by atoms with Crippen LogP contribution in [-0.4, -0.2) is 18.9 Å². The molecular formula is C14H16N2O3. The zero-order valence-corrected chi connectivity index (χ0v) is 10.7. The SMILES string of the molecule is COc1ccc(C=CC(=O)NNC(=O)C2CC2)cc1. The molecule has 19 heavy (non-hydrogen) atoms. The van der Waals surface area contributed by atoms with Gasteiger partial charge in [0.05, 0.1) is 7.11 Å². The number of hydrogen-bond donors (Lipinski definition) is 2. The topological polar surface area (TPSA) is 67.4 Å². The molecule has 0 aliphatic heterocycles. The van der Waals surface area contributed by atoms with Gasteiger partial charge in [-0.25, -0.2) is 0 Å². The maximum atomic E-state index is 11.4. The standard InChI is InChI=1S/C14H16N2O3/c1-19-12-7-2-10(3-8-12)4-9-13(17)15-16-14(18)11-5-6-11/h2-4,7-9,11H,5-6H2,1H3,(H,15,17)(H,16,18). The highest BCUT2D eigenvalue weighted by molar-refractivity contribution is 5.93. The van der Waals surface area contributed by atoms with E-state index >= 15 is 0 Å². The van der Waals surface area contributed by atoms with E-state index in [1.165, 1.54) is 6.08 Å². The molecule has 2 amide bonds. The van der Waals surface area contributed by atoms with Crippen LogP contribution in [0.4, 0.5) is 0 Å². The van der Waals surface area contributed by atoms with Gasteiger partial charge in [0, 0.05) is 12.0 Å². The number of methoxy groups -OCH3 is 1. The number of carbonyl (C=O) groups is 2. The van der Waals surface area contributed by atoms with Crippen LogP contribution < -0.4 is 15.6 Å². The van der Waals surface area contributed by atoms with Gasteiger partial charge in [0.1, 0.15) is 5.75 Å². The van der Waals surface area contributed by atoms with E-state index in [9.17, 15) is 9.59 Å². The van der Waals surface area contributed by atoms with Gasteiger partial charge in [-0.05, 0) is 36.6 Å². The zero-order chi connectivity index (χ0) is 13.7. The average Bonchev–Trinajstić information content (AvgIpc) is 3.27. The van der Waals surface area contributed by atoms with Crippen molar-refractivity contribution < 1.29 is 14.3 Å². The molecule has 5 nitrogen and oxygen atoms in total. The van der Waals surface area contributed by atoms with Gasteiger partial charge in [-0.2, -0.15) is 0 Å². The molecule has 1 aliphatic rings. The number of hydrazine groups is 1. The number of hydrogen-bond acceptors (Lipinski definition) is 3. The Morgan fingerprint density at radius 2 is 1.89 bits per heavy atom. The lowest BCUT2D eigenvalue weighted by atomic mass is 10.2. The second kappa shape index (κ2) is 6.04. The summed E-state index contributed by atoms with van der Waals surface area (Å²) in [5.41, 5.74) is 5.61. The molecule has 2 N–H and O–H groups in total. The molecule has 0 saturated heterocycles. The van der Waals surface area contributed by atoms with Crippen LogP contribution in [0.3, 0.4) is 0 Å². The van der Waals surface area contributed by atoms with Crippen molar-refractivity contribution in [3.63, 3.8) is 0 Å². The van der Waals surface area contributed by atoms with Crippen LogP contribution in [0.1, 0.15) is 18.4 Å². The van der Waals surface area contributed by atoms with Crippen LogP contribution in [0.25, 0.3) is 6.08 Å². The van der Waals surface area contributed by atoms with E-state index in [0.29, 0.717) is 0 Å². The third-order valence-electron chi connectivity index (χ3n) is 2.80. The van der Waals surface area contributed by atoms with Crippen molar-refractivity contribution in [3.05, 3.63) is 35.9 Å². The molecule has 1 aromatic carbocycles. The van der Waals surface area contributed by atoms with Crippen LogP contribution in [0, 0.1) is 5.92 Å². The smallest absolute Gasteiger partial charge is 0.262 e. The number of rotatable bonds is 4. The molecule has 0 aromatic heterocycles. The Kier molecular flexibility index (Phi) is 4.18. The summed E-state index contributed by atoms with van der Waals surface area (Å²) in [5, 5.41) is 0. The van der Waals surface area contributed by atoms with Crippen molar-refractivity contribution in [2.24, 2.45) is 5.92 Å². The second-order valence-corrected chi connectivity index (χ2v) is 4.36. The summed E-state index contributed by atoms with van der Waals surface area (Å²) in [7, 11) is 1.60. The van der Waals surface area contributed by atoms with E-state index in [-0.39, 0.29) is 17.7 Å². The second-order valence-electron chi connectivity index (χ2n) is 4.36. The minimum atomic E-state index is -0.357. The summed E-state index contributed by atoms with van der Waals surface area (Å²) in [4.78, 5) is 22.7. The molecule has 1 fully saturated rings. The highest BCUT2D eigenvalue weighted by Crippen LogP contribution is 2.28. The Balaban J connectivity index is 1.79. The van der Waals surface area contributed by atoms with E-state index in [4.69, 9.17) is 4.74 Å². The largest absolute Gasteiger partial charge is 0.497 e. The van der Waals surface area contributed by atoms with Gasteiger partial charge in [-0.15, -0.1) is 0 Å². The molecule has 1 aromatic rings. The van der Waals surface area contributed by atoms with Crippen molar-refractivity contribution in [1.82, 2.24) is 10.9 Å². The fourth-order valence-electron chi connectivity index (χ4n) is 1.50. The molecular weight excluding hydrogens is 244 g/mol. The highest BCUT2D eigenvalue weighted by Gasteiger charge is 2.29. The maximum absolute atomic E-state index is 11.4. The zero-order valence-electron chi connectivity index (χ0n) is 10.7. The maximum Gasteiger partial charge on any atom is 0.262 e. The first-order chi connectivity index (χ1) is 9.19.